The molecule has 2 aromatic heterocycles. The first kappa shape index (κ1) is 15.4. The summed E-state index contributed by atoms with van der Waals surface area (Å²) in [7, 11) is 1.79. The monoisotopic (exact) mass is 336 g/mol. The van der Waals surface area contributed by atoms with Crippen LogP contribution < -0.4 is 4.90 Å². The number of aromatic amines is 1. The van der Waals surface area contributed by atoms with Gasteiger partial charge in [-0.25, -0.2) is 0 Å². The Balaban J connectivity index is 1.42. The lowest BCUT2D eigenvalue weighted by molar-refractivity contribution is 0.0735. The fourth-order valence-corrected chi connectivity index (χ4v) is 3.12. The minimum absolute atomic E-state index is 0.0339. The topological polar surface area (TPSA) is 70.1 Å². The van der Waals surface area contributed by atoms with Gasteiger partial charge in [-0.1, -0.05) is 30.3 Å². The number of aromatic nitrogens is 4. The summed E-state index contributed by atoms with van der Waals surface area (Å²) in [5.41, 5.74) is 2.75. The van der Waals surface area contributed by atoms with Gasteiger partial charge in [-0.15, -0.1) is 0 Å². The third-order valence-electron chi connectivity index (χ3n) is 4.58. The summed E-state index contributed by atoms with van der Waals surface area (Å²) in [6.45, 7) is 2.89. The second-order valence-corrected chi connectivity index (χ2v) is 6.13. The van der Waals surface area contributed by atoms with Crippen LogP contribution >= 0.6 is 0 Å². The number of rotatable bonds is 3. The Bertz CT molecular complexity index is 861. The van der Waals surface area contributed by atoms with Crippen LogP contribution in [0.15, 0.2) is 48.7 Å². The molecule has 0 radical (unpaired) electrons. The normalized spacial score (nSPS) is 14.8. The quantitative estimate of drug-likeness (QED) is 0.791. The number of nitrogens with zero attached hydrogens (tertiary/aromatic N) is 5. The van der Waals surface area contributed by atoms with E-state index < -0.39 is 0 Å². The van der Waals surface area contributed by atoms with Crippen LogP contribution in [0.1, 0.15) is 10.5 Å². The first-order valence-corrected chi connectivity index (χ1v) is 8.35. The van der Waals surface area contributed by atoms with Crippen LogP contribution in [0.4, 0.5) is 5.82 Å². The van der Waals surface area contributed by atoms with Crippen molar-refractivity contribution in [2.24, 2.45) is 7.05 Å². The molecule has 7 nitrogen and oxygen atoms in total. The Morgan fingerprint density at radius 3 is 2.52 bits per heavy atom. The molecular formula is C18H20N6O. The molecule has 0 spiro atoms. The molecular weight excluding hydrogens is 316 g/mol. The van der Waals surface area contributed by atoms with E-state index in [1.165, 1.54) is 0 Å². The summed E-state index contributed by atoms with van der Waals surface area (Å²) >= 11 is 0. The molecule has 1 aromatic carbocycles. The number of anilines is 1. The molecule has 0 aliphatic carbocycles. The highest BCUT2D eigenvalue weighted by Crippen LogP contribution is 2.22. The molecule has 0 bridgehead atoms. The van der Waals surface area contributed by atoms with E-state index in [1.54, 1.807) is 24.0 Å². The van der Waals surface area contributed by atoms with Crippen molar-refractivity contribution < 1.29 is 4.79 Å². The van der Waals surface area contributed by atoms with Crippen molar-refractivity contribution in [2.45, 2.75) is 0 Å². The number of benzene rings is 1. The third kappa shape index (κ3) is 3.00. The summed E-state index contributed by atoms with van der Waals surface area (Å²) < 4.78 is 1.62. The molecule has 1 aliphatic heterocycles. The fourth-order valence-electron chi connectivity index (χ4n) is 3.12. The largest absolute Gasteiger partial charge is 0.352 e. The molecule has 0 atom stereocenters. The van der Waals surface area contributed by atoms with Crippen molar-refractivity contribution in [3.05, 3.63) is 54.4 Å². The van der Waals surface area contributed by atoms with Crippen LogP contribution in [0.25, 0.3) is 11.3 Å². The number of amides is 1. The molecule has 1 fully saturated rings. The lowest BCUT2D eigenvalue weighted by atomic mass is 10.1. The Hall–Kier alpha value is -3.09. The molecule has 0 saturated carbocycles. The first-order valence-electron chi connectivity index (χ1n) is 8.35. The number of hydrogen-bond acceptors (Lipinski definition) is 4. The number of H-pyrrole nitrogens is 1. The van der Waals surface area contributed by atoms with E-state index in [2.05, 4.69) is 38.4 Å². The lowest BCUT2D eigenvalue weighted by Crippen LogP contribution is -2.49. The highest BCUT2D eigenvalue weighted by Gasteiger charge is 2.25. The van der Waals surface area contributed by atoms with E-state index in [9.17, 15) is 4.79 Å². The van der Waals surface area contributed by atoms with Gasteiger partial charge in [0.1, 0.15) is 5.69 Å². The van der Waals surface area contributed by atoms with Gasteiger partial charge in [0.15, 0.2) is 5.82 Å². The average Bonchev–Trinajstić information content (AvgIpc) is 3.31. The molecule has 1 saturated heterocycles. The van der Waals surface area contributed by atoms with E-state index in [0.717, 1.165) is 30.2 Å². The van der Waals surface area contributed by atoms with Crippen LogP contribution in [-0.4, -0.2) is 57.0 Å². The van der Waals surface area contributed by atoms with Crippen molar-refractivity contribution >= 4 is 11.7 Å². The number of aryl methyl sites for hydroxylation is 1. The summed E-state index contributed by atoms with van der Waals surface area (Å²) in [5.74, 6) is 0.957. The van der Waals surface area contributed by atoms with Crippen molar-refractivity contribution in [2.75, 3.05) is 31.1 Å². The predicted octanol–water partition coefficient (Wildman–Crippen LogP) is 1.77. The second-order valence-electron chi connectivity index (χ2n) is 6.13. The summed E-state index contributed by atoms with van der Waals surface area (Å²) in [4.78, 5) is 16.6. The minimum Gasteiger partial charge on any atom is -0.352 e. The van der Waals surface area contributed by atoms with Gasteiger partial charge < -0.3 is 9.80 Å². The van der Waals surface area contributed by atoms with E-state index in [0.29, 0.717) is 18.8 Å². The summed E-state index contributed by atoms with van der Waals surface area (Å²) in [6, 6.07) is 14.0. The maximum atomic E-state index is 12.5. The zero-order valence-electron chi connectivity index (χ0n) is 14.1. The molecule has 7 heteroatoms. The number of hydrogen-bond donors (Lipinski definition) is 1. The average molecular weight is 336 g/mol. The highest BCUT2D eigenvalue weighted by atomic mass is 16.2. The smallest absolute Gasteiger partial charge is 0.272 e. The van der Waals surface area contributed by atoms with Gasteiger partial charge in [0, 0.05) is 45.5 Å². The summed E-state index contributed by atoms with van der Waals surface area (Å²) in [5, 5.41) is 11.6. The molecule has 3 aromatic rings. The van der Waals surface area contributed by atoms with Gasteiger partial charge >= 0.3 is 0 Å². The first-order chi connectivity index (χ1) is 12.2. The van der Waals surface area contributed by atoms with E-state index >= 15 is 0 Å². The molecule has 3 heterocycles. The molecule has 4 rings (SSSR count). The Morgan fingerprint density at radius 1 is 1.08 bits per heavy atom. The van der Waals surface area contributed by atoms with E-state index in [1.807, 2.05) is 23.1 Å². The van der Waals surface area contributed by atoms with Crippen molar-refractivity contribution in [1.82, 2.24) is 24.9 Å². The Kier molecular flexibility index (Phi) is 3.97. The van der Waals surface area contributed by atoms with Crippen LogP contribution in [-0.2, 0) is 7.05 Å². The third-order valence-corrected chi connectivity index (χ3v) is 4.58. The fraction of sp³-hybridized carbons (Fsp3) is 0.278. The lowest BCUT2D eigenvalue weighted by Gasteiger charge is -2.34. The Morgan fingerprint density at radius 2 is 1.84 bits per heavy atom. The number of nitrogens with one attached hydrogen (secondary N) is 1. The van der Waals surface area contributed by atoms with Gasteiger partial charge in [0.2, 0.25) is 0 Å². The van der Waals surface area contributed by atoms with Crippen LogP contribution in [0.3, 0.4) is 0 Å². The second kappa shape index (κ2) is 6.43. The van der Waals surface area contributed by atoms with Gasteiger partial charge in [0.05, 0.1) is 5.69 Å². The molecule has 128 valence electrons. The van der Waals surface area contributed by atoms with Crippen molar-refractivity contribution in [3.63, 3.8) is 0 Å². The van der Waals surface area contributed by atoms with Crippen LogP contribution in [0.2, 0.25) is 0 Å². The minimum atomic E-state index is 0.0339. The molecule has 25 heavy (non-hydrogen) atoms. The molecule has 0 unspecified atom stereocenters. The predicted molar refractivity (Wildman–Crippen MR) is 95.3 cm³/mol. The SMILES string of the molecule is Cn1nccc1C(=O)N1CCN(c2cc(-c3ccccc3)[nH]n2)CC1. The number of carbonyl (C=O) groups excluding carboxylic acids is 1. The molecule has 1 aliphatic rings. The van der Waals surface area contributed by atoms with Gasteiger partial charge in [-0.05, 0) is 11.6 Å². The molecule has 1 amide bonds. The maximum Gasteiger partial charge on any atom is 0.272 e. The van der Waals surface area contributed by atoms with E-state index in [-0.39, 0.29) is 5.91 Å². The molecule has 1 N–H and O–H groups in total. The van der Waals surface area contributed by atoms with Crippen molar-refractivity contribution in [3.8, 4) is 11.3 Å². The number of carbonyl (C=O) groups is 1. The maximum absolute atomic E-state index is 12.5. The summed E-state index contributed by atoms with van der Waals surface area (Å²) in [6.07, 6.45) is 1.65. The zero-order chi connectivity index (χ0) is 17.2. The van der Waals surface area contributed by atoms with Crippen LogP contribution in [0.5, 0.6) is 0 Å². The Labute approximate surface area is 145 Å². The zero-order valence-corrected chi connectivity index (χ0v) is 14.1. The van der Waals surface area contributed by atoms with Crippen molar-refractivity contribution in [1.29, 1.82) is 0 Å². The van der Waals surface area contributed by atoms with E-state index in [4.69, 9.17) is 0 Å². The van der Waals surface area contributed by atoms with Gasteiger partial charge in [0.25, 0.3) is 5.91 Å². The van der Waals surface area contributed by atoms with Crippen LogP contribution in [0, 0.1) is 0 Å². The van der Waals surface area contributed by atoms with Gasteiger partial charge in [-0.3, -0.25) is 14.6 Å². The standard InChI is InChI=1S/C18H20N6O/c1-22-16(7-8-19-22)18(25)24-11-9-23(10-12-24)17-13-15(20-21-17)14-5-3-2-4-6-14/h2-8,13H,9-12H2,1H3,(H,20,21). The van der Waals surface area contributed by atoms with Gasteiger partial charge in [-0.2, -0.15) is 10.2 Å². The number of piperazine rings is 1. The highest BCUT2D eigenvalue weighted by molar-refractivity contribution is 5.92.